The van der Waals surface area contributed by atoms with Gasteiger partial charge in [-0.3, -0.25) is 0 Å². The van der Waals surface area contributed by atoms with E-state index in [1.54, 1.807) is 0 Å². The van der Waals surface area contributed by atoms with Crippen molar-refractivity contribution in [1.29, 1.82) is 0 Å². The molecule has 0 fully saturated rings. The van der Waals surface area contributed by atoms with Gasteiger partial charge < -0.3 is 9.73 Å². The van der Waals surface area contributed by atoms with E-state index in [4.69, 9.17) is 4.42 Å². The van der Waals surface area contributed by atoms with Crippen LogP contribution in [0.15, 0.2) is 17.0 Å². The lowest BCUT2D eigenvalue weighted by Crippen LogP contribution is -2.30. The van der Waals surface area contributed by atoms with Crippen LogP contribution in [0.5, 0.6) is 0 Å². The minimum Gasteiger partial charge on any atom is -0.447 e. The van der Waals surface area contributed by atoms with Crippen molar-refractivity contribution in [2.45, 2.75) is 32.1 Å². The van der Waals surface area contributed by atoms with Crippen molar-refractivity contribution in [3.63, 3.8) is 0 Å². The summed E-state index contributed by atoms with van der Waals surface area (Å²) in [6.45, 7) is 1.74. The van der Waals surface area contributed by atoms with Crippen LogP contribution in [-0.4, -0.2) is 17.2 Å². The van der Waals surface area contributed by atoms with Crippen molar-refractivity contribution in [3.8, 4) is 0 Å². The van der Waals surface area contributed by atoms with Crippen LogP contribution in [0.2, 0.25) is 0 Å². The molecule has 1 aromatic heterocycles. The molecule has 0 amide bonds. The van der Waals surface area contributed by atoms with Crippen molar-refractivity contribution in [3.05, 3.63) is 18.4 Å². The Morgan fingerprint density at radius 1 is 1.57 bits per heavy atom. The Hall–Kier alpha value is -1.04. The van der Waals surface area contributed by atoms with Gasteiger partial charge in [-0.25, -0.2) is 4.98 Å². The summed E-state index contributed by atoms with van der Waals surface area (Å²) >= 11 is 0. The minimum atomic E-state index is -4.13. The summed E-state index contributed by atoms with van der Waals surface area (Å²) in [6.07, 6.45) is -2.27. The fraction of sp³-hybridized carbons (Fsp3) is 0.625. The van der Waals surface area contributed by atoms with Gasteiger partial charge in [0.2, 0.25) is 0 Å². The predicted molar refractivity (Wildman–Crippen MR) is 43.5 cm³/mol. The van der Waals surface area contributed by atoms with Crippen LogP contribution in [0.1, 0.15) is 19.1 Å². The molecule has 80 valence electrons. The first-order chi connectivity index (χ1) is 6.47. The van der Waals surface area contributed by atoms with Crippen LogP contribution in [0.3, 0.4) is 0 Å². The number of hydrogen-bond acceptors (Lipinski definition) is 3. The highest BCUT2D eigenvalue weighted by molar-refractivity contribution is 4.87. The molecule has 0 saturated heterocycles. The fourth-order valence-electron chi connectivity index (χ4n) is 1.02. The maximum Gasteiger partial charge on any atom is 0.390 e. The van der Waals surface area contributed by atoms with E-state index in [0.29, 0.717) is 5.76 Å². The van der Waals surface area contributed by atoms with E-state index in [1.807, 2.05) is 0 Å². The van der Waals surface area contributed by atoms with E-state index in [1.165, 1.54) is 19.5 Å². The number of aromatic nitrogens is 1. The third-order valence-electron chi connectivity index (χ3n) is 1.65. The second-order valence-corrected chi connectivity index (χ2v) is 3.07. The molecule has 0 aliphatic carbocycles. The molecule has 6 heteroatoms. The molecule has 0 radical (unpaired) electrons. The number of rotatable bonds is 4. The molecule has 0 aliphatic heterocycles. The number of nitrogens with one attached hydrogen (secondary N) is 1. The maximum absolute atomic E-state index is 11.9. The topological polar surface area (TPSA) is 38.1 Å². The first-order valence-electron chi connectivity index (χ1n) is 4.15. The van der Waals surface area contributed by atoms with Crippen LogP contribution < -0.4 is 5.32 Å². The average Bonchev–Trinajstić information content (AvgIpc) is 2.49. The van der Waals surface area contributed by atoms with Crippen molar-refractivity contribution in [2.75, 3.05) is 0 Å². The summed E-state index contributed by atoms with van der Waals surface area (Å²) in [4.78, 5) is 3.65. The predicted octanol–water partition coefficient (Wildman–Crippen LogP) is 2.11. The van der Waals surface area contributed by atoms with Gasteiger partial charge >= 0.3 is 6.18 Å². The first-order valence-corrected chi connectivity index (χ1v) is 4.15. The molecule has 1 rings (SSSR count). The maximum atomic E-state index is 11.9. The highest BCUT2D eigenvalue weighted by Gasteiger charge is 2.29. The third kappa shape index (κ3) is 4.27. The summed E-state index contributed by atoms with van der Waals surface area (Å²) in [5.74, 6) is 0.527. The molecule has 1 unspecified atom stereocenters. The Morgan fingerprint density at radius 2 is 2.29 bits per heavy atom. The summed E-state index contributed by atoms with van der Waals surface area (Å²) in [6, 6.07) is -0.625. The van der Waals surface area contributed by atoms with Crippen LogP contribution in [0.4, 0.5) is 13.2 Å². The van der Waals surface area contributed by atoms with Crippen molar-refractivity contribution < 1.29 is 17.6 Å². The fourth-order valence-corrected chi connectivity index (χ4v) is 1.02. The summed E-state index contributed by atoms with van der Waals surface area (Å²) in [5, 5.41) is 2.69. The van der Waals surface area contributed by atoms with Gasteiger partial charge in [0.05, 0.1) is 19.2 Å². The summed E-state index contributed by atoms with van der Waals surface area (Å²) in [5.41, 5.74) is 0. The molecule has 1 N–H and O–H groups in total. The average molecular weight is 208 g/mol. The minimum absolute atomic E-state index is 0.261. The molecule has 1 atom stereocenters. The van der Waals surface area contributed by atoms with Crippen LogP contribution in [0.25, 0.3) is 0 Å². The highest BCUT2D eigenvalue weighted by Crippen LogP contribution is 2.21. The quantitative estimate of drug-likeness (QED) is 0.823. The van der Waals surface area contributed by atoms with E-state index in [0.717, 1.165) is 0 Å². The Morgan fingerprint density at radius 3 is 2.79 bits per heavy atom. The Bertz CT molecular complexity index is 258. The van der Waals surface area contributed by atoms with Crippen molar-refractivity contribution in [1.82, 2.24) is 10.3 Å². The zero-order chi connectivity index (χ0) is 10.6. The molecule has 0 spiro atoms. The second-order valence-electron chi connectivity index (χ2n) is 3.07. The molecular weight excluding hydrogens is 197 g/mol. The lowest BCUT2D eigenvalue weighted by atomic mass is 10.2. The molecule has 0 saturated carbocycles. The molecule has 1 heterocycles. The van der Waals surface area contributed by atoms with Gasteiger partial charge in [0.15, 0.2) is 6.39 Å². The van der Waals surface area contributed by atoms with Gasteiger partial charge in [-0.15, -0.1) is 0 Å². The lowest BCUT2D eigenvalue weighted by Gasteiger charge is -2.14. The van der Waals surface area contributed by atoms with Gasteiger partial charge in [-0.1, -0.05) is 0 Å². The molecule has 0 bridgehead atoms. The molecule has 14 heavy (non-hydrogen) atoms. The molecule has 0 aliphatic rings. The number of oxazole rings is 1. The van der Waals surface area contributed by atoms with E-state index < -0.39 is 18.6 Å². The number of nitrogens with zero attached hydrogens (tertiary/aromatic N) is 1. The summed E-state index contributed by atoms with van der Waals surface area (Å²) in [7, 11) is 0. The number of hydrogen-bond donors (Lipinski definition) is 1. The zero-order valence-corrected chi connectivity index (χ0v) is 7.64. The standard InChI is InChI=1S/C8H11F3N2O/c1-6(2-8(9,10)11)13-4-7-3-12-5-14-7/h3,5-6,13H,2,4H2,1H3. The molecule has 3 nitrogen and oxygen atoms in total. The molecule has 1 aromatic rings. The van der Waals surface area contributed by atoms with E-state index in [-0.39, 0.29) is 6.54 Å². The first kappa shape index (κ1) is 11.0. The second kappa shape index (κ2) is 4.45. The highest BCUT2D eigenvalue weighted by atomic mass is 19.4. The van der Waals surface area contributed by atoms with Crippen molar-refractivity contribution in [2.24, 2.45) is 0 Å². The van der Waals surface area contributed by atoms with E-state index in [2.05, 4.69) is 10.3 Å². The van der Waals surface area contributed by atoms with Gasteiger partial charge in [0, 0.05) is 6.04 Å². The van der Waals surface area contributed by atoms with Crippen LogP contribution in [0, 0.1) is 0 Å². The third-order valence-corrected chi connectivity index (χ3v) is 1.65. The number of halogens is 3. The van der Waals surface area contributed by atoms with Crippen LogP contribution in [-0.2, 0) is 6.54 Å². The van der Waals surface area contributed by atoms with E-state index in [9.17, 15) is 13.2 Å². The van der Waals surface area contributed by atoms with E-state index >= 15 is 0 Å². The largest absolute Gasteiger partial charge is 0.447 e. The van der Waals surface area contributed by atoms with Crippen molar-refractivity contribution >= 4 is 0 Å². The van der Waals surface area contributed by atoms with Gasteiger partial charge in [0.1, 0.15) is 5.76 Å². The van der Waals surface area contributed by atoms with Crippen LogP contribution >= 0.6 is 0 Å². The van der Waals surface area contributed by atoms with Gasteiger partial charge in [-0.2, -0.15) is 13.2 Å². The SMILES string of the molecule is CC(CC(F)(F)F)NCc1cnco1. The van der Waals surface area contributed by atoms with Gasteiger partial charge in [0.25, 0.3) is 0 Å². The molecule has 0 aromatic carbocycles. The monoisotopic (exact) mass is 208 g/mol. The Kier molecular flexibility index (Phi) is 3.51. The summed E-state index contributed by atoms with van der Waals surface area (Å²) < 4.78 is 40.5. The Labute approximate surface area is 79.3 Å². The number of alkyl halides is 3. The van der Waals surface area contributed by atoms with Gasteiger partial charge in [-0.05, 0) is 6.92 Å². The molecular formula is C8H11F3N2O. The lowest BCUT2D eigenvalue weighted by molar-refractivity contribution is -0.139. The Balaban J connectivity index is 2.25. The smallest absolute Gasteiger partial charge is 0.390 e. The zero-order valence-electron chi connectivity index (χ0n) is 7.64. The normalized spacial score (nSPS) is 14.3.